The van der Waals surface area contributed by atoms with Crippen LogP contribution >= 0.6 is 0 Å². The lowest BCUT2D eigenvalue weighted by atomic mass is 10.1. The van der Waals surface area contributed by atoms with E-state index < -0.39 is 0 Å². The van der Waals surface area contributed by atoms with E-state index in [1.54, 1.807) is 0 Å². The summed E-state index contributed by atoms with van der Waals surface area (Å²) in [6.07, 6.45) is 0. The minimum Gasteiger partial charge on any atom is -0.376 e. The standard InChI is InChI=1S/C16H19N3O2/c1-18-7-9-19(10-8-18)14-13(15(20)16(14)21)17-11-12-5-3-2-4-6-12/h2-6,17H,7-11H2,1H3. The summed E-state index contributed by atoms with van der Waals surface area (Å²) < 4.78 is 0. The van der Waals surface area contributed by atoms with Crippen LogP contribution in [0.1, 0.15) is 5.56 Å². The number of hydrogen-bond acceptors (Lipinski definition) is 5. The molecule has 3 rings (SSSR count). The molecular formula is C16H19N3O2. The van der Waals surface area contributed by atoms with Gasteiger partial charge in [-0.15, -0.1) is 0 Å². The topological polar surface area (TPSA) is 52.6 Å². The maximum atomic E-state index is 11.9. The zero-order valence-corrected chi connectivity index (χ0v) is 12.1. The molecule has 21 heavy (non-hydrogen) atoms. The zero-order chi connectivity index (χ0) is 14.8. The van der Waals surface area contributed by atoms with Crippen LogP contribution in [0.15, 0.2) is 39.9 Å². The number of nitrogens with zero attached hydrogens (tertiary/aromatic N) is 2. The molecule has 2 aromatic rings. The summed E-state index contributed by atoms with van der Waals surface area (Å²) in [5.41, 5.74) is 1.40. The fourth-order valence-electron chi connectivity index (χ4n) is 2.66. The third kappa shape index (κ3) is 2.69. The molecule has 5 heteroatoms. The third-order valence-corrected chi connectivity index (χ3v) is 4.02. The smallest absolute Gasteiger partial charge is 0.253 e. The van der Waals surface area contributed by atoms with Crippen LogP contribution < -0.4 is 21.1 Å². The molecule has 1 heterocycles. The Balaban J connectivity index is 1.73. The Morgan fingerprint density at radius 2 is 1.67 bits per heavy atom. The lowest BCUT2D eigenvalue weighted by Crippen LogP contribution is -2.50. The van der Waals surface area contributed by atoms with Crippen LogP contribution in [0.2, 0.25) is 0 Å². The Bertz CT molecular complexity index is 681. The number of hydrogen-bond donors (Lipinski definition) is 1. The van der Waals surface area contributed by atoms with Crippen LogP contribution in [0.25, 0.3) is 0 Å². The molecule has 2 aromatic carbocycles. The second kappa shape index (κ2) is 5.69. The SMILES string of the molecule is CN1CCN(c2c(NCc3ccccc3)c(=O)c2=O)CC1. The molecule has 0 saturated carbocycles. The van der Waals surface area contributed by atoms with Crippen molar-refractivity contribution in [3.05, 3.63) is 56.3 Å². The third-order valence-electron chi connectivity index (χ3n) is 4.02. The number of anilines is 2. The Morgan fingerprint density at radius 1 is 1.00 bits per heavy atom. The summed E-state index contributed by atoms with van der Waals surface area (Å²) in [7, 11) is 2.06. The molecule has 0 amide bonds. The molecule has 0 radical (unpaired) electrons. The van der Waals surface area contributed by atoms with Crippen molar-refractivity contribution < 1.29 is 0 Å². The summed E-state index contributed by atoms with van der Waals surface area (Å²) in [5.74, 6) is 0. The highest BCUT2D eigenvalue weighted by Crippen LogP contribution is 2.21. The summed E-state index contributed by atoms with van der Waals surface area (Å²) in [6.45, 7) is 3.98. The van der Waals surface area contributed by atoms with Gasteiger partial charge >= 0.3 is 0 Å². The van der Waals surface area contributed by atoms with Crippen LogP contribution in [0.5, 0.6) is 0 Å². The summed E-state index contributed by atoms with van der Waals surface area (Å²) >= 11 is 0. The average Bonchev–Trinajstić information content (AvgIpc) is 2.53. The van der Waals surface area contributed by atoms with E-state index in [4.69, 9.17) is 0 Å². The fourth-order valence-corrected chi connectivity index (χ4v) is 2.66. The van der Waals surface area contributed by atoms with Crippen LogP contribution in [-0.2, 0) is 6.54 Å². The first-order valence-corrected chi connectivity index (χ1v) is 7.21. The molecule has 1 aliphatic rings. The van der Waals surface area contributed by atoms with Crippen molar-refractivity contribution in [2.24, 2.45) is 0 Å². The number of nitrogens with one attached hydrogen (secondary N) is 1. The molecule has 1 aliphatic heterocycles. The van der Waals surface area contributed by atoms with Crippen LogP contribution in [-0.4, -0.2) is 38.1 Å². The van der Waals surface area contributed by atoms with Crippen molar-refractivity contribution in [3.63, 3.8) is 0 Å². The first kappa shape index (κ1) is 13.8. The van der Waals surface area contributed by atoms with E-state index in [1.807, 2.05) is 35.2 Å². The normalized spacial score (nSPS) is 16.3. The average molecular weight is 285 g/mol. The number of likely N-dealkylation sites (N-methyl/N-ethyl adjacent to an activating group) is 1. The minimum absolute atomic E-state index is 0.352. The molecule has 0 spiro atoms. The summed E-state index contributed by atoms with van der Waals surface area (Å²) in [4.78, 5) is 27.9. The van der Waals surface area contributed by atoms with E-state index in [0.29, 0.717) is 17.9 Å². The zero-order valence-electron chi connectivity index (χ0n) is 12.1. The lowest BCUT2D eigenvalue weighted by molar-refractivity contribution is 0.312. The van der Waals surface area contributed by atoms with Gasteiger partial charge in [0.1, 0.15) is 11.4 Å². The van der Waals surface area contributed by atoms with Crippen LogP contribution in [0.4, 0.5) is 11.4 Å². The van der Waals surface area contributed by atoms with Gasteiger partial charge in [-0.3, -0.25) is 9.59 Å². The largest absolute Gasteiger partial charge is 0.376 e. The molecule has 0 aliphatic carbocycles. The lowest BCUT2D eigenvalue weighted by Gasteiger charge is -2.35. The van der Waals surface area contributed by atoms with Gasteiger partial charge < -0.3 is 15.1 Å². The van der Waals surface area contributed by atoms with Crippen LogP contribution in [0, 0.1) is 0 Å². The van der Waals surface area contributed by atoms with Crippen molar-refractivity contribution in [1.29, 1.82) is 0 Å². The van der Waals surface area contributed by atoms with Gasteiger partial charge in [0, 0.05) is 32.7 Å². The van der Waals surface area contributed by atoms with E-state index in [1.165, 1.54) is 0 Å². The van der Waals surface area contributed by atoms with Gasteiger partial charge in [0.05, 0.1) is 0 Å². The van der Waals surface area contributed by atoms with E-state index in [9.17, 15) is 9.59 Å². The van der Waals surface area contributed by atoms with Gasteiger partial charge in [-0.25, -0.2) is 0 Å². The second-order valence-electron chi connectivity index (χ2n) is 5.51. The van der Waals surface area contributed by atoms with E-state index >= 15 is 0 Å². The Hall–Kier alpha value is -2.14. The first-order chi connectivity index (χ1) is 10.2. The minimum atomic E-state index is -0.389. The van der Waals surface area contributed by atoms with Gasteiger partial charge in [0.15, 0.2) is 0 Å². The van der Waals surface area contributed by atoms with Gasteiger partial charge in [-0.2, -0.15) is 0 Å². The number of rotatable bonds is 4. The summed E-state index contributed by atoms with van der Waals surface area (Å²) in [5, 5.41) is 3.13. The molecule has 5 nitrogen and oxygen atoms in total. The van der Waals surface area contributed by atoms with E-state index in [0.717, 1.165) is 31.7 Å². The summed E-state index contributed by atoms with van der Waals surface area (Å²) in [6, 6.07) is 9.86. The predicted octanol–water partition coefficient (Wildman–Crippen LogP) is 0.646. The van der Waals surface area contributed by atoms with Crippen molar-refractivity contribution in [1.82, 2.24) is 4.90 Å². The molecule has 0 bridgehead atoms. The van der Waals surface area contributed by atoms with E-state index in [2.05, 4.69) is 17.3 Å². The Kier molecular flexibility index (Phi) is 3.75. The Morgan fingerprint density at radius 3 is 2.33 bits per heavy atom. The van der Waals surface area contributed by atoms with Crippen molar-refractivity contribution in [2.75, 3.05) is 43.4 Å². The number of piperazine rings is 1. The molecule has 1 N–H and O–H groups in total. The van der Waals surface area contributed by atoms with Gasteiger partial charge in [0.25, 0.3) is 10.9 Å². The van der Waals surface area contributed by atoms with Gasteiger partial charge in [-0.05, 0) is 12.6 Å². The molecule has 0 unspecified atom stereocenters. The molecule has 1 saturated heterocycles. The Labute approximate surface area is 123 Å². The second-order valence-corrected chi connectivity index (χ2v) is 5.51. The van der Waals surface area contributed by atoms with Crippen molar-refractivity contribution >= 4 is 11.4 Å². The molecule has 1 fully saturated rings. The van der Waals surface area contributed by atoms with Gasteiger partial charge in [0.2, 0.25) is 0 Å². The van der Waals surface area contributed by atoms with Crippen molar-refractivity contribution in [2.45, 2.75) is 6.54 Å². The van der Waals surface area contributed by atoms with Crippen LogP contribution in [0.3, 0.4) is 0 Å². The molecule has 110 valence electrons. The quantitative estimate of drug-likeness (QED) is 0.836. The van der Waals surface area contributed by atoms with Gasteiger partial charge in [-0.1, -0.05) is 30.3 Å². The molecular weight excluding hydrogens is 266 g/mol. The maximum absolute atomic E-state index is 11.9. The highest BCUT2D eigenvalue weighted by molar-refractivity contribution is 5.75. The highest BCUT2D eigenvalue weighted by atomic mass is 16.2. The fraction of sp³-hybridized carbons (Fsp3) is 0.375. The number of benzene rings is 1. The van der Waals surface area contributed by atoms with Crippen molar-refractivity contribution in [3.8, 4) is 0 Å². The molecule has 0 aromatic heterocycles. The maximum Gasteiger partial charge on any atom is 0.253 e. The van der Waals surface area contributed by atoms with E-state index in [-0.39, 0.29) is 10.9 Å². The highest BCUT2D eigenvalue weighted by Gasteiger charge is 2.27. The monoisotopic (exact) mass is 285 g/mol. The molecule has 0 atom stereocenters. The predicted molar refractivity (Wildman–Crippen MR) is 84.8 cm³/mol. The first-order valence-electron chi connectivity index (χ1n) is 7.21.